The Kier molecular flexibility index (Phi) is 14.8. The van der Waals surface area contributed by atoms with Gasteiger partial charge in [0.2, 0.25) is 5.91 Å². The Labute approximate surface area is 337 Å². The number of carbonyl (C=O) groups excluding carboxylic acids is 3. The second kappa shape index (κ2) is 19.7. The molecule has 3 amide bonds. The maximum absolute atomic E-state index is 13.9. The molecule has 4 N–H and O–H groups in total. The van der Waals surface area contributed by atoms with Gasteiger partial charge in [0.15, 0.2) is 0 Å². The summed E-state index contributed by atoms with van der Waals surface area (Å²) in [4.78, 5) is 67.0. The topological polar surface area (TPSA) is 156 Å². The number of amides is 3. The number of likely N-dealkylation sites (N-methyl/N-ethyl adjacent to an activating group) is 1. The first-order valence-electron chi connectivity index (χ1n) is 19.0. The second-order valence-electron chi connectivity index (χ2n) is 14.4. The van der Waals surface area contributed by atoms with Crippen molar-refractivity contribution in [2.24, 2.45) is 0 Å². The summed E-state index contributed by atoms with van der Waals surface area (Å²) in [6, 6.07) is 22.7. The van der Waals surface area contributed by atoms with Crippen LogP contribution in [0, 0.1) is 0 Å². The van der Waals surface area contributed by atoms with Crippen LogP contribution < -0.4 is 10.6 Å². The van der Waals surface area contributed by atoms with E-state index in [9.17, 15) is 24.0 Å². The first kappa shape index (κ1) is 42.1. The molecule has 0 bridgehead atoms. The molecular formula is C43H49ClN4O7S. The molecule has 0 radical (unpaired) electrons. The van der Waals surface area contributed by atoms with Crippen LogP contribution in [0.1, 0.15) is 96.7 Å². The van der Waals surface area contributed by atoms with Gasteiger partial charge in [-0.25, -0.2) is 4.79 Å². The fourth-order valence-corrected chi connectivity index (χ4v) is 8.27. The molecule has 6 rings (SSSR count). The van der Waals surface area contributed by atoms with Crippen LogP contribution >= 0.6 is 23.7 Å². The summed E-state index contributed by atoms with van der Waals surface area (Å²) in [7, 11) is 1.71. The van der Waals surface area contributed by atoms with Gasteiger partial charge >= 0.3 is 11.9 Å². The van der Waals surface area contributed by atoms with Crippen molar-refractivity contribution >= 4 is 64.1 Å². The van der Waals surface area contributed by atoms with Gasteiger partial charge in [-0.1, -0.05) is 36.4 Å². The van der Waals surface area contributed by atoms with Crippen molar-refractivity contribution in [1.29, 1.82) is 0 Å². The Hall–Kier alpha value is -5.04. The van der Waals surface area contributed by atoms with E-state index in [2.05, 4.69) is 15.5 Å². The highest BCUT2D eigenvalue weighted by molar-refractivity contribution is 7.17. The van der Waals surface area contributed by atoms with Gasteiger partial charge < -0.3 is 25.7 Å². The monoisotopic (exact) mass is 800 g/mol. The first-order chi connectivity index (χ1) is 26.5. The molecule has 1 aromatic heterocycles. The van der Waals surface area contributed by atoms with Crippen LogP contribution in [0.3, 0.4) is 0 Å². The van der Waals surface area contributed by atoms with Crippen molar-refractivity contribution in [3.05, 3.63) is 117 Å². The number of fused-ring (bicyclic) bond motifs is 1. The molecule has 11 nitrogen and oxygen atoms in total. The number of nitrogens with one attached hydrogen (secondary N) is 2. The van der Waals surface area contributed by atoms with Gasteiger partial charge in [-0.3, -0.25) is 24.1 Å². The molecule has 0 unspecified atom stereocenters. The Morgan fingerprint density at radius 1 is 0.732 bits per heavy atom. The third-order valence-corrected chi connectivity index (χ3v) is 11.6. The number of aliphatic carboxylic acids is 1. The Bertz CT molecular complexity index is 2030. The molecule has 1 saturated carbocycles. The van der Waals surface area contributed by atoms with Crippen LogP contribution in [0.2, 0.25) is 0 Å². The van der Waals surface area contributed by atoms with E-state index in [1.807, 2.05) is 54.6 Å². The molecule has 0 spiro atoms. The zero-order valence-electron chi connectivity index (χ0n) is 31.6. The number of halogens is 1. The van der Waals surface area contributed by atoms with Crippen molar-refractivity contribution in [3.63, 3.8) is 0 Å². The third-order valence-electron chi connectivity index (χ3n) is 10.4. The van der Waals surface area contributed by atoms with Crippen molar-refractivity contribution in [2.75, 3.05) is 37.3 Å². The van der Waals surface area contributed by atoms with Crippen LogP contribution in [-0.2, 0) is 41.7 Å². The predicted octanol–water partition coefficient (Wildman–Crippen LogP) is 7.37. The lowest BCUT2D eigenvalue weighted by Gasteiger charge is -2.25. The highest BCUT2D eigenvalue weighted by Gasteiger charge is 2.29. The third kappa shape index (κ3) is 11.5. The summed E-state index contributed by atoms with van der Waals surface area (Å²) in [5.74, 6) is -2.60. The Balaban J connectivity index is 0.00000600. The maximum Gasteiger partial charge on any atom is 0.335 e. The van der Waals surface area contributed by atoms with Crippen LogP contribution in [0.25, 0.3) is 0 Å². The fourth-order valence-electron chi connectivity index (χ4n) is 6.99. The number of carboxylic acid groups (broad SMARTS) is 2. The van der Waals surface area contributed by atoms with Crippen LogP contribution in [0.4, 0.5) is 10.7 Å². The lowest BCUT2D eigenvalue weighted by molar-refractivity contribution is -0.140. The number of carbonyl (C=O) groups is 5. The molecule has 0 atom stereocenters. The van der Waals surface area contributed by atoms with Crippen molar-refractivity contribution in [3.8, 4) is 0 Å². The number of carboxylic acids is 2. The summed E-state index contributed by atoms with van der Waals surface area (Å²) in [6.45, 7) is 2.00. The minimum atomic E-state index is -0.978. The van der Waals surface area contributed by atoms with E-state index in [0.717, 1.165) is 91.5 Å². The van der Waals surface area contributed by atoms with Gasteiger partial charge in [0.05, 0.1) is 17.5 Å². The number of aryl methyl sites for hydroxylation is 3. The molecule has 4 aromatic rings. The standard InChI is InChI=1S/C43H48N4O7S.ClH/c1-46(37(48)21-22-38(49)50)25-26-47(34-19-20-34)24-23-30-5-4-6-32(27-30)40(51)45-42-39(35-7-2-3-8-36(35)55-42)41(52)44-33-17-13-29(14-18-33)10-9-28-11-15-31(16-12-28)43(53)54;/h4-6,11-18,27,34H,2-3,7-10,19-26H2,1H3,(H,44,52)(H,45,51)(H,49,50)(H,53,54);1H. The summed E-state index contributed by atoms with van der Waals surface area (Å²) in [5, 5.41) is 24.7. The summed E-state index contributed by atoms with van der Waals surface area (Å²) >= 11 is 1.49. The number of benzene rings is 3. The Morgan fingerprint density at radius 3 is 2.07 bits per heavy atom. The second-order valence-corrected chi connectivity index (χ2v) is 15.6. The van der Waals surface area contributed by atoms with E-state index >= 15 is 0 Å². The molecule has 13 heteroatoms. The van der Waals surface area contributed by atoms with Gasteiger partial charge in [-0.2, -0.15) is 0 Å². The van der Waals surface area contributed by atoms with Crippen LogP contribution in [-0.4, -0.2) is 82.4 Å². The van der Waals surface area contributed by atoms with E-state index in [4.69, 9.17) is 10.2 Å². The molecule has 56 heavy (non-hydrogen) atoms. The normalized spacial score (nSPS) is 13.3. The molecule has 1 heterocycles. The van der Waals surface area contributed by atoms with E-state index in [1.54, 1.807) is 30.1 Å². The molecular weight excluding hydrogens is 752 g/mol. The number of aromatic carboxylic acids is 1. The highest BCUT2D eigenvalue weighted by Crippen LogP contribution is 2.39. The molecule has 2 aliphatic rings. The molecule has 0 saturated heterocycles. The first-order valence-corrected chi connectivity index (χ1v) is 19.8. The van der Waals surface area contributed by atoms with Gasteiger partial charge in [0, 0.05) is 55.3 Å². The van der Waals surface area contributed by atoms with E-state index in [-0.39, 0.29) is 48.5 Å². The molecule has 2 aliphatic carbocycles. The predicted molar refractivity (Wildman–Crippen MR) is 221 cm³/mol. The lowest BCUT2D eigenvalue weighted by atomic mass is 9.95. The van der Waals surface area contributed by atoms with Gasteiger partial charge in [-0.15, -0.1) is 23.7 Å². The number of hydrogen-bond acceptors (Lipinski definition) is 7. The molecule has 1 fully saturated rings. The van der Waals surface area contributed by atoms with Gasteiger partial charge in [0.1, 0.15) is 5.00 Å². The van der Waals surface area contributed by atoms with Crippen molar-refractivity contribution in [1.82, 2.24) is 9.80 Å². The highest BCUT2D eigenvalue weighted by atomic mass is 35.5. The van der Waals surface area contributed by atoms with Crippen molar-refractivity contribution in [2.45, 2.75) is 76.7 Å². The Morgan fingerprint density at radius 2 is 1.41 bits per heavy atom. The van der Waals surface area contributed by atoms with E-state index in [0.29, 0.717) is 40.9 Å². The molecule has 3 aromatic carbocycles. The number of rotatable bonds is 18. The SMILES string of the molecule is CN(CCN(CCc1cccc(C(=O)Nc2sc3c(c2C(=O)Nc2ccc(CCc4ccc(C(=O)O)cc4)cc2)CCCC3)c1)C1CC1)C(=O)CCC(=O)O.Cl. The van der Waals surface area contributed by atoms with Crippen molar-refractivity contribution < 1.29 is 34.2 Å². The smallest absolute Gasteiger partial charge is 0.335 e. The molecule has 296 valence electrons. The minimum Gasteiger partial charge on any atom is -0.481 e. The summed E-state index contributed by atoms with van der Waals surface area (Å²) in [5.41, 5.74) is 6.16. The largest absolute Gasteiger partial charge is 0.481 e. The van der Waals surface area contributed by atoms with Gasteiger partial charge in [-0.05, 0) is 116 Å². The number of hydrogen-bond donors (Lipinski definition) is 4. The zero-order valence-corrected chi connectivity index (χ0v) is 33.2. The van der Waals surface area contributed by atoms with Gasteiger partial charge in [0.25, 0.3) is 11.8 Å². The maximum atomic E-state index is 13.9. The number of anilines is 2. The van der Waals surface area contributed by atoms with E-state index < -0.39 is 11.9 Å². The fraction of sp³-hybridized carbons (Fsp3) is 0.372. The quantitative estimate of drug-likeness (QED) is 0.0814. The minimum absolute atomic E-state index is 0. The van der Waals surface area contributed by atoms with E-state index in [1.165, 1.54) is 11.3 Å². The molecule has 0 aliphatic heterocycles. The summed E-state index contributed by atoms with van der Waals surface area (Å²) < 4.78 is 0. The number of nitrogens with zero attached hydrogens (tertiary/aromatic N) is 2. The number of thiophene rings is 1. The average molecular weight is 801 g/mol. The summed E-state index contributed by atoms with van der Waals surface area (Å²) in [6.07, 6.45) is 8.01. The average Bonchev–Trinajstić information content (AvgIpc) is 3.96. The van der Waals surface area contributed by atoms with Crippen LogP contribution in [0.15, 0.2) is 72.8 Å². The van der Waals surface area contributed by atoms with Crippen LogP contribution in [0.5, 0.6) is 0 Å². The zero-order chi connectivity index (χ0) is 38.9. The lowest BCUT2D eigenvalue weighted by Crippen LogP contribution is -2.38.